The fraction of sp³-hybridized carbons (Fsp3) is 0.615. The zero-order valence-electron chi connectivity index (χ0n) is 11.4. The van der Waals surface area contributed by atoms with Gasteiger partial charge in [0.1, 0.15) is 4.90 Å². The van der Waals surface area contributed by atoms with Crippen molar-refractivity contribution in [1.82, 2.24) is 9.71 Å². The number of hydrogen-bond acceptors (Lipinski definition) is 4. The highest BCUT2D eigenvalue weighted by molar-refractivity contribution is 7.89. The number of sulfonamides is 1. The number of nitrogens with one attached hydrogen (secondary N) is 2. The highest BCUT2D eigenvalue weighted by atomic mass is 32.2. The van der Waals surface area contributed by atoms with Gasteiger partial charge in [0.15, 0.2) is 0 Å². The number of nitrogens with zero attached hydrogens (tertiary/aromatic N) is 1. The smallest absolute Gasteiger partial charge is 0.244 e. The van der Waals surface area contributed by atoms with Gasteiger partial charge in [-0.1, -0.05) is 6.42 Å². The van der Waals surface area contributed by atoms with Crippen LogP contribution >= 0.6 is 0 Å². The Morgan fingerprint density at radius 3 is 2.79 bits per heavy atom. The van der Waals surface area contributed by atoms with E-state index in [1.54, 1.807) is 12.3 Å². The predicted octanol–water partition coefficient (Wildman–Crippen LogP) is 1.98. The van der Waals surface area contributed by atoms with E-state index in [4.69, 9.17) is 0 Å². The minimum absolute atomic E-state index is 0.0200. The zero-order valence-corrected chi connectivity index (χ0v) is 12.2. The summed E-state index contributed by atoms with van der Waals surface area (Å²) in [6, 6.07) is 1.67. The molecule has 1 aromatic heterocycles. The normalized spacial score (nSPS) is 17.8. The van der Waals surface area contributed by atoms with Gasteiger partial charge < -0.3 is 5.32 Å². The molecule has 0 aromatic carbocycles. The van der Waals surface area contributed by atoms with Gasteiger partial charge in [-0.3, -0.25) is 4.98 Å². The predicted molar refractivity (Wildman–Crippen MR) is 75.5 cm³/mol. The van der Waals surface area contributed by atoms with E-state index >= 15 is 0 Å². The lowest BCUT2D eigenvalue weighted by molar-refractivity contribution is 0.260. The molecule has 0 saturated heterocycles. The highest BCUT2D eigenvalue weighted by Crippen LogP contribution is 2.30. The zero-order chi connectivity index (χ0) is 13.9. The van der Waals surface area contributed by atoms with Gasteiger partial charge in [0, 0.05) is 25.0 Å². The minimum Gasteiger partial charge on any atom is -0.384 e. The van der Waals surface area contributed by atoms with Crippen molar-refractivity contribution in [2.24, 2.45) is 5.92 Å². The van der Waals surface area contributed by atoms with Crippen LogP contribution in [-0.2, 0) is 10.0 Å². The molecule has 1 fully saturated rings. The average molecular weight is 283 g/mol. The summed E-state index contributed by atoms with van der Waals surface area (Å²) < 4.78 is 27.5. The first-order valence-electron chi connectivity index (χ1n) is 6.75. The Bertz CT molecular complexity index is 526. The largest absolute Gasteiger partial charge is 0.384 e. The minimum atomic E-state index is -3.51. The van der Waals surface area contributed by atoms with Gasteiger partial charge in [0.05, 0.1) is 5.69 Å². The Kier molecular flexibility index (Phi) is 4.42. The molecule has 2 rings (SSSR count). The van der Waals surface area contributed by atoms with E-state index in [-0.39, 0.29) is 10.9 Å². The monoisotopic (exact) mass is 283 g/mol. The fourth-order valence-corrected chi connectivity index (χ4v) is 3.71. The molecule has 0 aliphatic heterocycles. The van der Waals surface area contributed by atoms with Crippen LogP contribution in [0.3, 0.4) is 0 Å². The number of hydrogen-bond donors (Lipinski definition) is 2. The van der Waals surface area contributed by atoms with Crippen LogP contribution in [0.5, 0.6) is 0 Å². The molecule has 1 aliphatic rings. The molecule has 0 spiro atoms. The van der Waals surface area contributed by atoms with Crippen LogP contribution in [0.4, 0.5) is 5.69 Å². The third-order valence-electron chi connectivity index (χ3n) is 3.64. The van der Waals surface area contributed by atoms with Crippen LogP contribution in [0.2, 0.25) is 0 Å². The quantitative estimate of drug-likeness (QED) is 0.837. The molecule has 0 bridgehead atoms. The third-order valence-corrected chi connectivity index (χ3v) is 5.23. The lowest BCUT2D eigenvalue weighted by Crippen LogP contribution is -2.40. The van der Waals surface area contributed by atoms with Crippen LogP contribution in [0, 0.1) is 5.92 Å². The summed E-state index contributed by atoms with van der Waals surface area (Å²) >= 11 is 0. The summed E-state index contributed by atoms with van der Waals surface area (Å²) in [5.74, 6) is 0.467. The average Bonchev–Trinajstić information content (AvgIpc) is 2.26. The highest BCUT2D eigenvalue weighted by Gasteiger charge is 2.29. The van der Waals surface area contributed by atoms with E-state index in [1.165, 1.54) is 12.6 Å². The molecular formula is C13H21N3O2S. The van der Waals surface area contributed by atoms with Crippen LogP contribution in [-0.4, -0.2) is 26.0 Å². The summed E-state index contributed by atoms with van der Waals surface area (Å²) in [5, 5.41) is 3.05. The SMILES string of the molecule is CCNc1ccncc1S(=O)(=O)NC(C)C1CCC1. The van der Waals surface area contributed by atoms with Crippen LogP contribution < -0.4 is 10.0 Å². The van der Waals surface area contributed by atoms with E-state index in [0.29, 0.717) is 18.2 Å². The summed E-state index contributed by atoms with van der Waals surface area (Å²) in [6.45, 7) is 4.54. The molecule has 1 heterocycles. The number of rotatable bonds is 6. The van der Waals surface area contributed by atoms with Gasteiger partial charge in [-0.15, -0.1) is 0 Å². The van der Waals surface area contributed by atoms with Crippen molar-refractivity contribution in [3.05, 3.63) is 18.5 Å². The van der Waals surface area contributed by atoms with Crippen LogP contribution in [0.15, 0.2) is 23.4 Å². The van der Waals surface area contributed by atoms with Crippen molar-refractivity contribution in [1.29, 1.82) is 0 Å². The lowest BCUT2D eigenvalue weighted by Gasteiger charge is -2.31. The van der Waals surface area contributed by atoms with E-state index in [9.17, 15) is 8.42 Å². The van der Waals surface area contributed by atoms with Crippen molar-refractivity contribution in [3.63, 3.8) is 0 Å². The van der Waals surface area contributed by atoms with Crippen LogP contribution in [0.25, 0.3) is 0 Å². The maximum atomic E-state index is 12.4. The first-order valence-corrected chi connectivity index (χ1v) is 8.23. The molecule has 1 unspecified atom stereocenters. The maximum Gasteiger partial charge on any atom is 0.244 e. The molecule has 1 atom stereocenters. The standard InChI is InChI=1S/C13H21N3O2S/c1-3-15-12-7-8-14-9-13(12)19(17,18)16-10(2)11-5-4-6-11/h7-11,16H,3-6H2,1-2H3,(H,14,15). The topological polar surface area (TPSA) is 71.1 Å². The Hall–Kier alpha value is -1.14. The van der Waals surface area contributed by atoms with Crippen molar-refractivity contribution in [2.75, 3.05) is 11.9 Å². The van der Waals surface area contributed by atoms with E-state index in [2.05, 4.69) is 15.0 Å². The van der Waals surface area contributed by atoms with Gasteiger partial charge in [-0.05, 0) is 38.7 Å². The van der Waals surface area contributed by atoms with E-state index < -0.39 is 10.0 Å². The first kappa shape index (κ1) is 14.3. The summed E-state index contributed by atoms with van der Waals surface area (Å²) in [4.78, 5) is 4.15. The molecule has 0 radical (unpaired) electrons. The molecule has 1 saturated carbocycles. The lowest BCUT2D eigenvalue weighted by atomic mass is 9.81. The van der Waals surface area contributed by atoms with Crippen molar-refractivity contribution in [3.8, 4) is 0 Å². The van der Waals surface area contributed by atoms with Gasteiger partial charge in [0.2, 0.25) is 10.0 Å². The maximum absolute atomic E-state index is 12.4. The van der Waals surface area contributed by atoms with Gasteiger partial charge in [-0.25, -0.2) is 13.1 Å². The molecule has 1 aromatic rings. The summed E-state index contributed by atoms with van der Waals surface area (Å²) in [7, 11) is -3.51. The second-order valence-corrected chi connectivity index (χ2v) is 6.69. The van der Waals surface area contributed by atoms with Crippen molar-refractivity contribution < 1.29 is 8.42 Å². The molecule has 6 heteroatoms. The van der Waals surface area contributed by atoms with E-state index in [1.807, 2.05) is 13.8 Å². The number of pyridine rings is 1. The van der Waals surface area contributed by atoms with Gasteiger partial charge in [-0.2, -0.15) is 0 Å². The molecule has 0 amide bonds. The Labute approximate surface area is 114 Å². The second-order valence-electron chi connectivity index (χ2n) is 5.00. The first-order chi connectivity index (χ1) is 9.04. The molecular weight excluding hydrogens is 262 g/mol. The summed E-state index contributed by atoms with van der Waals surface area (Å²) in [6.07, 6.45) is 6.40. The number of anilines is 1. The molecule has 106 valence electrons. The van der Waals surface area contributed by atoms with Gasteiger partial charge in [0.25, 0.3) is 0 Å². The van der Waals surface area contributed by atoms with Gasteiger partial charge >= 0.3 is 0 Å². The van der Waals surface area contributed by atoms with Crippen LogP contribution in [0.1, 0.15) is 33.1 Å². The Morgan fingerprint density at radius 1 is 1.47 bits per heavy atom. The molecule has 5 nitrogen and oxygen atoms in total. The van der Waals surface area contributed by atoms with E-state index in [0.717, 1.165) is 12.8 Å². The summed E-state index contributed by atoms with van der Waals surface area (Å²) in [5.41, 5.74) is 0.603. The van der Waals surface area contributed by atoms with Crippen molar-refractivity contribution in [2.45, 2.75) is 44.0 Å². The third kappa shape index (κ3) is 3.25. The van der Waals surface area contributed by atoms with Crippen molar-refractivity contribution >= 4 is 15.7 Å². The Balaban J connectivity index is 2.18. The Morgan fingerprint density at radius 2 is 2.21 bits per heavy atom. The molecule has 1 aliphatic carbocycles. The number of aromatic nitrogens is 1. The second kappa shape index (κ2) is 5.88. The molecule has 19 heavy (non-hydrogen) atoms. The fourth-order valence-electron chi connectivity index (χ4n) is 2.27. The molecule has 2 N–H and O–H groups in total.